The Morgan fingerprint density at radius 2 is 2.08 bits per heavy atom. The number of rotatable bonds is 0. The van der Waals surface area contributed by atoms with E-state index >= 15 is 0 Å². The van der Waals surface area contributed by atoms with Crippen LogP contribution in [0.25, 0.3) is 10.8 Å². The van der Waals surface area contributed by atoms with Gasteiger partial charge in [0.25, 0.3) is 0 Å². The van der Waals surface area contributed by atoms with E-state index in [1.54, 1.807) is 0 Å². The van der Waals surface area contributed by atoms with E-state index in [-0.39, 0.29) is 0 Å². The van der Waals surface area contributed by atoms with E-state index in [9.17, 15) is 0 Å². The highest BCUT2D eigenvalue weighted by Gasteiger charge is 2.00. The van der Waals surface area contributed by atoms with Crippen LogP contribution in [0.2, 0.25) is 0 Å². The molecule has 0 spiro atoms. The molecule has 0 amide bonds. The average Bonchev–Trinajstić information content (AvgIpc) is 2.16. The van der Waals surface area contributed by atoms with E-state index in [4.69, 9.17) is 5.26 Å². The molecule has 0 N–H and O–H groups in total. The minimum Gasteiger partial charge on any atom is -0.192 e. The molecule has 2 rings (SSSR count). The maximum Gasteiger partial charge on any atom is 0.100 e. The van der Waals surface area contributed by atoms with E-state index in [1.165, 1.54) is 0 Å². The second kappa shape index (κ2) is 2.91. The molecule has 1 heteroatoms. The number of hydrogen-bond acceptors (Lipinski definition) is 1. The Morgan fingerprint density at radius 1 is 1.31 bits per heavy atom. The first-order chi connectivity index (χ1) is 6.31. The summed E-state index contributed by atoms with van der Waals surface area (Å²) in [7, 11) is 0. The largest absolute Gasteiger partial charge is 0.192 e. The Bertz CT molecular complexity index is 492. The molecule has 2 aromatic carbocycles. The molecular weight excluding hydrogens is 158 g/mol. The first-order valence-electron chi connectivity index (χ1n) is 4.13. The van der Waals surface area contributed by atoms with Crippen molar-refractivity contribution in [1.29, 1.82) is 5.26 Å². The third-order valence-electron chi connectivity index (χ3n) is 2.04. The lowest BCUT2D eigenvalue weighted by atomic mass is 10.0. The van der Waals surface area contributed by atoms with Crippen molar-refractivity contribution in [2.45, 2.75) is 6.92 Å². The molecule has 0 saturated carbocycles. The first-order valence-corrected chi connectivity index (χ1v) is 4.13. The van der Waals surface area contributed by atoms with E-state index in [1.807, 2.05) is 37.3 Å². The fourth-order valence-corrected chi connectivity index (χ4v) is 1.47. The summed E-state index contributed by atoms with van der Waals surface area (Å²) in [6.45, 7) is 1.95. The number of nitriles is 1. The van der Waals surface area contributed by atoms with E-state index in [0.717, 1.165) is 16.3 Å². The zero-order valence-corrected chi connectivity index (χ0v) is 7.33. The molecule has 1 radical (unpaired) electrons. The van der Waals surface area contributed by atoms with Gasteiger partial charge in [-0.15, -0.1) is 0 Å². The quantitative estimate of drug-likeness (QED) is 0.590. The summed E-state index contributed by atoms with van der Waals surface area (Å²) >= 11 is 0. The SMILES string of the molecule is Cc1[c]c(C#N)c2ccccc2c1. The maximum absolute atomic E-state index is 8.88. The molecule has 1 nitrogen and oxygen atoms in total. The van der Waals surface area contributed by atoms with Gasteiger partial charge in [-0.3, -0.25) is 0 Å². The molecule has 0 atom stereocenters. The van der Waals surface area contributed by atoms with Gasteiger partial charge >= 0.3 is 0 Å². The zero-order valence-electron chi connectivity index (χ0n) is 7.33. The molecular formula is C12H8N. The second-order valence-electron chi connectivity index (χ2n) is 3.03. The fraction of sp³-hybridized carbons (Fsp3) is 0.0833. The molecule has 0 saturated heterocycles. The third kappa shape index (κ3) is 1.27. The molecule has 61 valence electrons. The molecule has 0 aromatic heterocycles. The van der Waals surface area contributed by atoms with Crippen molar-refractivity contribution in [2.75, 3.05) is 0 Å². The van der Waals surface area contributed by atoms with Gasteiger partial charge in [0.1, 0.15) is 6.07 Å². The van der Waals surface area contributed by atoms with Gasteiger partial charge in [0.05, 0.1) is 5.56 Å². The predicted molar refractivity (Wildman–Crippen MR) is 52.2 cm³/mol. The van der Waals surface area contributed by atoms with Gasteiger partial charge in [-0.25, -0.2) is 0 Å². The Morgan fingerprint density at radius 3 is 2.85 bits per heavy atom. The summed E-state index contributed by atoms with van der Waals surface area (Å²) in [5, 5.41) is 11.0. The van der Waals surface area contributed by atoms with Crippen LogP contribution in [0.15, 0.2) is 30.3 Å². The van der Waals surface area contributed by atoms with Gasteiger partial charge in [0, 0.05) is 11.5 Å². The second-order valence-corrected chi connectivity index (χ2v) is 3.03. The summed E-state index contributed by atoms with van der Waals surface area (Å²) in [5.74, 6) is 0. The number of fused-ring (bicyclic) bond motifs is 1. The van der Waals surface area contributed by atoms with Crippen LogP contribution >= 0.6 is 0 Å². The van der Waals surface area contributed by atoms with E-state index < -0.39 is 0 Å². The van der Waals surface area contributed by atoms with E-state index in [2.05, 4.69) is 12.1 Å². The van der Waals surface area contributed by atoms with Crippen molar-refractivity contribution >= 4 is 10.8 Å². The van der Waals surface area contributed by atoms with Crippen LogP contribution < -0.4 is 0 Å². The zero-order chi connectivity index (χ0) is 9.26. The number of nitrogens with zero attached hydrogens (tertiary/aromatic N) is 1. The topological polar surface area (TPSA) is 23.8 Å². The molecule has 0 fully saturated rings. The van der Waals surface area contributed by atoms with Crippen LogP contribution in [0.3, 0.4) is 0 Å². The van der Waals surface area contributed by atoms with Crippen LogP contribution in [-0.4, -0.2) is 0 Å². The minimum atomic E-state index is 0.635. The Balaban J connectivity index is 2.91. The van der Waals surface area contributed by atoms with Crippen LogP contribution in [0.4, 0.5) is 0 Å². The highest BCUT2D eigenvalue weighted by Crippen LogP contribution is 2.19. The number of hydrogen-bond donors (Lipinski definition) is 0. The monoisotopic (exact) mass is 166 g/mol. The standard InChI is InChI=1S/C12H8N/c1-9-6-10-4-2-3-5-12(10)11(7-9)8-13/h2-6H,1H3. The molecule has 13 heavy (non-hydrogen) atoms. The Labute approximate surface area is 77.2 Å². The van der Waals surface area contributed by atoms with Crippen molar-refractivity contribution in [2.24, 2.45) is 0 Å². The van der Waals surface area contributed by atoms with Crippen molar-refractivity contribution in [3.63, 3.8) is 0 Å². The van der Waals surface area contributed by atoms with Crippen LogP contribution in [-0.2, 0) is 0 Å². The highest BCUT2D eigenvalue weighted by atomic mass is 14.2. The maximum atomic E-state index is 8.88. The van der Waals surface area contributed by atoms with Crippen LogP contribution in [0, 0.1) is 24.3 Å². The molecule has 0 bridgehead atoms. The number of aryl methyl sites for hydroxylation is 1. The van der Waals surface area contributed by atoms with E-state index in [0.29, 0.717) is 5.56 Å². The van der Waals surface area contributed by atoms with Gasteiger partial charge in [0.2, 0.25) is 0 Å². The van der Waals surface area contributed by atoms with Gasteiger partial charge < -0.3 is 0 Å². The summed E-state index contributed by atoms with van der Waals surface area (Å²) < 4.78 is 0. The highest BCUT2D eigenvalue weighted by molar-refractivity contribution is 5.88. The van der Waals surface area contributed by atoms with Crippen molar-refractivity contribution in [3.8, 4) is 6.07 Å². The predicted octanol–water partition coefficient (Wildman–Crippen LogP) is 2.82. The van der Waals surface area contributed by atoms with Gasteiger partial charge in [-0.05, 0) is 17.9 Å². The Hall–Kier alpha value is -1.81. The smallest absolute Gasteiger partial charge is 0.100 e. The summed E-state index contributed by atoms with van der Waals surface area (Å²) in [6, 6.07) is 15.1. The third-order valence-corrected chi connectivity index (χ3v) is 2.04. The average molecular weight is 166 g/mol. The lowest BCUT2D eigenvalue weighted by molar-refractivity contribution is 1.44. The van der Waals surface area contributed by atoms with Crippen molar-refractivity contribution in [1.82, 2.24) is 0 Å². The van der Waals surface area contributed by atoms with Gasteiger partial charge in [-0.1, -0.05) is 30.3 Å². The van der Waals surface area contributed by atoms with Crippen molar-refractivity contribution in [3.05, 3.63) is 47.5 Å². The lowest BCUT2D eigenvalue weighted by Crippen LogP contribution is -1.82. The van der Waals surface area contributed by atoms with Crippen molar-refractivity contribution < 1.29 is 0 Å². The first kappa shape index (κ1) is 7.82. The lowest BCUT2D eigenvalue weighted by Gasteiger charge is -2.00. The molecule has 0 unspecified atom stereocenters. The van der Waals surface area contributed by atoms with Crippen LogP contribution in [0.1, 0.15) is 11.1 Å². The number of benzene rings is 2. The Kier molecular flexibility index (Phi) is 1.75. The normalized spacial score (nSPS) is 9.85. The molecule has 0 aliphatic heterocycles. The summed E-state index contributed by atoms with van der Waals surface area (Å²) in [5.41, 5.74) is 1.64. The fourth-order valence-electron chi connectivity index (χ4n) is 1.47. The summed E-state index contributed by atoms with van der Waals surface area (Å²) in [6.07, 6.45) is 0. The summed E-state index contributed by atoms with van der Waals surface area (Å²) in [4.78, 5) is 0. The molecule has 2 aromatic rings. The minimum absolute atomic E-state index is 0.635. The van der Waals surface area contributed by atoms with Crippen LogP contribution in [0.5, 0.6) is 0 Å². The molecule has 0 aliphatic carbocycles. The van der Waals surface area contributed by atoms with Gasteiger partial charge in [0.15, 0.2) is 0 Å². The molecule has 0 heterocycles. The molecule has 0 aliphatic rings. The van der Waals surface area contributed by atoms with Gasteiger partial charge in [-0.2, -0.15) is 5.26 Å².